The molecule has 0 fully saturated rings. The third kappa shape index (κ3) is 18.4. The third-order valence-electron chi connectivity index (χ3n) is 7.16. The van der Waals surface area contributed by atoms with E-state index in [0.29, 0.717) is 0 Å². The van der Waals surface area contributed by atoms with E-state index in [1.165, 1.54) is 115 Å². The third-order valence-corrected chi connectivity index (χ3v) is 7.16. The lowest BCUT2D eigenvalue weighted by Gasteiger charge is -2.17. The van der Waals surface area contributed by atoms with Crippen LogP contribution in [0.25, 0.3) is 0 Å². The topological polar surface area (TPSA) is 12.4 Å². The molecule has 0 aromatic heterocycles. The van der Waals surface area contributed by atoms with Crippen LogP contribution in [0.4, 0.5) is 0 Å². The summed E-state index contributed by atoms with van der Waals surface area (Å²) >= 11 is 0. The van der Waals surface area contributed by atoms with Crippen molar-refractivity contribution in [2.45, 2.75) is 157 Å². The highest BCUT2D eigenvalue weighted by Crippen LogP contribution is 2.24. The molecule has 0 aliphatic carbocycles. The van der Waals surface area contributed by atoms with Crippen LogP contribution in [-0.4, -0.2) is 12.3 Å². The van der Waals surface area contributed by atoms with Crippen molar-refractivity contribution in [1.82, 2.24) is 0 Å². The van der Waals surface area contributed by atoms with Crippen LogP contribution in [0.5, 0.6) is 0 Å². The van der Waals surface area contributed by atoms with Gasteiger partial charge in [-0.05, 0) is 43.4 Å². The minimum absolute atomic E-state index is 0.926. The molecule has 1 nitrogen and oxygen atoms in total. The van der Waals surface area contributed by atoms with Crippen LogP contribution in [0.3, 0.4) is 0 Å². The molecule has 0 rings (SSSR count). The Bertz CT molecular complexity index is 373. The summed E-state index contributed by atoms with van der Waals surface area (Å²) in [4.78, 5) is 4.90. The molecule has 0 heterocycles. The van der Waals surface area contributed by atoms with Gasteiger partial charge < -0.3 is 0 Å². The Balaban J connectivity index is 3.80. The van der Waals surface area contributed by atoms with Crippen molar-refractivity contribution < 1.29 is 0 Å². The molecule has 0 aliphatic rings. The first-order chi connectivity index (χ1) is 14.6. The molecule has 0 radical (unpaired) electrons. The van der Waals surface area contributed by atoms with E-state index in [1.54, 1.807) is 0 Å². The minimum Gasteiger partial charge on any atom is -0.294 e. The molecule has 2 unspecified atom stereocenters. The summed E-state index contributed by atoms with van der Waals surface area (Å²) in [6.45, 7) is 15.3. The Hall–Kier alpha value is -0.330. The van der Waals surface area contributed by atoms with Crippen LogP contribution in [-0.2, 0) is 0 Å². The van der Waals surface area contributed by atoms with Gasteiger partial charge in [0.05, 0.1) is 0 Å². The van der Waals surface area contributed by atoms with Gasteiger partial charge in [0.25, 0.3) is 0 Å². The van der Waals surface area contributed by atoms with E-state index in [0.717, 1.165) is 30.7 Å². The van der Waals surface area contributed by atoms with Crippen LogP contribution in [0.15, 0.2) is 4.99 Å². The summed E-state index contributed by atoms with van der Waals surface area (Å²) in [5.74, 6) is 2.82. The van der Waals surface area contributed by atoms with Gasteiger partial charge in [0, 0.05) is 12.3 Å². The number of hydrogen-bond donors (Lipinski definition) is 0. The fraction of sp³-hybridized carbons (Fsp3) is 0.966. The summed E-state index contributed by atoms with van der Waals surface area (Å²) in [6, 6.07) is 0. The van der Waals surface area contributed by atoms with Gasteiger partial charge in [-0.2, -0.15) is 0 Å². The Morgan fingerprint density at radius 3 is 1.73 bits per heavy atom. The highest BCUT2D eigenvalue weighted by molar-refractivity contribution is 5.84. The maximum absolute atomic E-state index is 4.90. The van der Waals surface area contributed by atoms with Gasteiger partial charge in [0.15, 0.2) is 0 Å². The number of rotatable bonds is 22. The van der Waals surface area contributed by atoms with Crippen molar-refractivity contribution >= 4 is 5.71 Å². The second kappa shape index (κ2) is 21.9. The van der Waals surface area contributed by atoms with Gasteiger partial charge in [-0.15, -0.1) is 0 Å². The summed E-state index contributed by atoms with van der Waals surface area (Å²) < 4.78 is 0. The van der Waals surface area contributed by atoms with E-state index in [9.17, 15) is 0 Å². The fourth-order valence-corrected chi connectivity index (χ4v) is 4.69. The van der Waals surface area contributed by atoms with Crippen molar-refractivity contribution in [1.29, 1.82) is 0 Å². The van der Waals surface area contributed by atoms with Gasteiger partial charge in [0.2, 0.25) is 0 Å². The van der Waals surface area contributed by atoms with E-state index in [4.69, 9.17) is 4.99 Å². The number of nitrogens with zero attached hydrogens (tertiary/aromatic N) is 1. The van der Waals surface area contributed by atoms with Crippen LogP contribution in [0.2, 0.25) is 0 Å². The molecule has 0 N–H and O–H groups in total. The van der Waals surface area contributed by atoms with E-state index in [2.05, 4.69) is 41.5 Å². The van der Waals surface area contributed by atoms with Crippen molar-refractivity contribution in [3.63, 3.8) is 0 Å². The van der Waals surface area contributed by atoms with Gasteiger partial charge >= 0.3 is 0 Å². The molecule has 0 spiro atoms. The molecular formula is C29H59N. The number of hydrogen-bond acceptors (Lipinski definition) is 1. The van der Waals surface area contributed by atoms with E-state index in [-0.39, 0.29) is 0 Å². The fourth-order valence-electron chi connectivity index (χ4n) is 4.69. The van der Waals surface area contributed by atoms with E-state index < -0.39 is 0 Å². The first kappa shape index (κ1) is 29.7. The summed E-state index contributed by atoms with van der Waals surface area (Å²) in [6.07, 6.45) is 24.7. The lowest BCUT2D eigenvalue weighted by Crippen LogP contribution is -2.03. The standard InChI is InChI=1S/C29H59N/c1-7-11-13-24-29(10-4)30-25-15-14-22-28(9-3)23-17-21-27(6)20-16-19-26(5)18-12-8-2/h26-28H,7-25H2,1-6H3/t26?,27-,28?/m0/s1. The smallest absolute Gasteiger partial charge is 0.0388 e. The molecule has 0 amide bonds. The molecule has 0 saturated carbocycles. The Morgan fingerprint density at radius 1 is 0.600 bits per heavy atom. The summed E-state index contributed by atoms with van der Waals surface area (Å²) in [5.41, 5.74) is 1.46. The number of unbranched alkanes of at least 4 members (excludes halogenated alkanes) is 4. The zero-order valence-electron chi connectivity index (χ0n) is 22.1. The maximum atomic E-state index is 4.90. The highest BCUT2D eigenvalue weighted by atomic mass is 14.7. The monoisotopic (exact) mass is 421 g/mol. The largest absolute Gasteiger partial charge is 0.294 e. The molecular weight excluding hydrogens is 362 g/mol. The zero-order chi connectivity index (χ0) is 22.5. The quantitative estimate of drug-likeness (QED) is 0.122. The first-order valence-corrected chi connectivity index (χ1v) is 14.1. The zero-order valence-corrected chi connectivity index (χ0v) is 22.1. The minimum atomic E-state index is 0.926. The van der Waals surface area contributed by atoms with Crippen molar-refractivity contribution in [3.05, 3.63) is 0 Å². The Labute approximate surface area is 192 Å². The molecule has 30 heavy (non-hydrogen) atoms. The second-order valence-corrected chi connectivity index (χ2v) is 10.2. The second-order valence-electron chi connectivity index (χ2n) is 10.2. The molecule has 0 bridgehead atoms. The predicted octanol–water partition coefficient (Wildman–Crippen LogP) is 10.4. The number of aliphatic imine (C=N–C) groups is 1. The van der Waals surface area contributed by atoms with Crippen molar-refractivity contribution in [3.8, 4) is 0 Å². The van der Waals surface area contributed by atoms with E-state index in [1.807, 2.05) is 0 Å². The molecule has 0 saturated heterocycles. The van der Waals surface area contributed by atoms with Crippen LogP contribution >= 0.6 is 0 Å². The molecule has 180 valence electrons. The first-order valence-electron chi connectivity index (χ1n) is 14.1. The average molecular weight is 422 g/mol. The Morgan fingerprint density at radius 2 is 1.17 bits per heavy atom. The lowest BCUT2D eigenvalue weighted by molar-refractivity contribution is 0.361. The SMILES string of the molecule is CCCCCC(CC)=NCCCCC(CC)CCC[C@@H](C)CCCC(C)CCCC. The lowest BCUT2D eigenvalue weighted by atomic mass is 9.89. The van der Waals surface area contributed by atoms with Gasteiger partial charge in [0.1, 0.15) is 0 Å². The summed E-state index contributed by atoms with van der Waals surface area (Å²) in [5, 5.41) is 0. The van der Waals surface area contributed by atoms with E-state index >= 15 is 0 Å². The molecule has 0 aromatic rings. The maximum Gasteiger partial charge on any atom is 0.0388 e. The normalized spacial score (nSPS) is 15.3. The van der Waals surface area contributed by atoms with Crippen LogP contribution < -0.4 is 0 Å². The molecule has 3 atom stereocenters. The van der Waals surface area contributed by atoms with Gasteiger partial charge in [-0.1, -0.05) is 131 Å². The predicted molar refractivity (Wildman–Crippen MR) is 140 cm³/mol. The van der Waals surface area contributed by atoms with Crippen molar-refractivity contribution in [2.24, 2.45) is 22.7 Å². The van der Waals surface area contributed by atoms with Crippen molar-refractivity contribution in [2.75, 3.05) is 6.54 Å². The summed E-state index contributed by atoms with van der Waals surface area (Å²) in [7, 11) is 0. The highest BCUT2D eigenvalue weighted by Gasteiger charge is 2.09. The molecule has 0 aliphatic heterocycles. The van der Waals surface area contributed by atoms with Gasteiger partial charge in [-0.3, -0.25) is 4.99 Å². The van der Waals surface area contributed by atoms with Gasteiger partial charge in [-0.25, -0.2) is 0 Å². The van der Waals surface area contributed by atoms with Crippen LogP contribution in [0.1, 0.15) is 157 Å². The Kier molecular flexibility index (Phi) is 21.6. The molecule has 1 heteroatoms. The van der Waals surface area contributed by atoms with Crippen LogP contribution in [0, 0.1) is 17.8 Å². The molecule has 0 aromatic carbocycles. The average Bonchev–Trinajstić information content (AvgIpc) is 2.74.